The second-order valence-electron chi connectivity index (χ2n) is 8.67. The molecule has 0 bridgehead atoms. The quantitative estimate of drug-likeness (QED) is 0.0785. The van der Waals surface area contributed by atoms with Crippen molar-refractivity contribution in [3.05, 3.63) is 115 Å². The van der Waals surface area contributed by atoms with Crippen LogP contribution < -0.4 is 14.9 Å². The zero-order chi connectivity index (χ0) is 29.1. The van der Waals surface area contributed by atoms with Crippen molar-refractivity contribution in [1.29, 1.82) is 0 Å². The number of hydrogen-bond acceptors (Lipinski definition) is 5. The fraction of sp³-hybridized carbons (Fsp3) is 0.0333. The van der Waals surface area contributed by atoms with Crippen molar-refractivity contribution in [2.45, 2.75) is 0 Å². The van der Waals surface area contributed by atoms with Crippen molar-refractivity contribution < 1.29 is 19.1 Å². The molecule has 0 aliphatic rings. The van der Waals surface area contributed by atoms with E-state index in [1.807, 2.05) is 24.3 Å². The minimum absolute atomic E-state index is 0.221. The van der Waals surface area contributed by atoms with E-state index in [1.54, 1.807) is 54.6 Å². The molecule has 41 heavy (non-hydrogen) atoms. The highest BCUT2D eigenvalue weighted by molar-refractivity contribution is 9.10. The molecule has 1 heterocycles. The van der Waals surface area contributed by atoms with Crippen LogP contribution in [0.5, 0.6) is 11.5 Å². The smallest absolute Gasteiger partial charge is 0.343 e. The van der Waals surface area contributed by atoms with E-state index in [4.69, 9.17) is 44.3 Å². The summed E-state index contributed by atoms with van der Waals surface area (Å²) < 4.78 is 11.6. The maximum Gasteiger partial charge on any atom is 0.343 e. The number of H-pyrrole nitrogens is 1. The molecule has 0 aliphatic heterocycles. The molecular weight excluding hydrogens is 653 g/mol. The van der Waals surface area contributed by atoms with E-state index in [9.17, 15) is 9.59 Å². The molecule has 7 nitrogen and oxygen atoms in total. The van der Waals surface area contributed by atoms with Crippen molar-refractivity contribution in [3.63, 3.8) is 0 Å². The van der Waals surface area contributed by atoms with Crippen LogP contribution in [0, 0.1) is 0 Å². The Morgan fingerprint density at radius 3 is 2.41 bits per heavy atom. The van der Waals surface area contributed by atoms with Crippen molar-refractivity contribution in [1.82, 2.24) is 10.4 Å². The van der Waals surface area contributed by atoms with Crippen molar-refractivity contribution in [2.75, 3.05) is 7.11 Å². The number of halogens is 4. The highest BCUT2D eigenvalue weighted by Gasteiger charge is 2.22. The molecule has 0 atom stereocenters. The Morgan fingerprint density at radius 1 is 0.927 bits per heavy atom. The Bertz CT molecular complexity index is 1820. The first-order valence-corrected chi connectivity index (χ1v) is 13.9. The van der Waals surface area contributed by atoms with Crippen LogP contribution in [0.3, 0.4) is 0 Å². The molecule has 206 valence electrons. The third-order valence-corrected chi connectivity index (χ3v) is 7.38. The molecule has 5 rings (SSSR count). The van der Waals surface area contributed by atoms with E-state index in [1.165, 1.54) is 13.3 Å². The van der Waals surface area contributed by atoms with Gasteiger partial charge in [0, 0.05) is 31.0 Å². The molecule has 0 aliphatic carbocycles. The van der Waals surface area contributed by atoms with Gasteiger partial charge in [-0.3, -0.25) is 4.79 Å². The number of aromatic amines is 1. The van der Waals surface area contributed by atoms with E-state index in [-0.39, 0.29) is 11.4 Å². The monoisotopic (exact) mass is 669 g/mol. The molecule has 2 N–H and O–H groups in total. The first-order valence-electron chi connectivity index (χ1n) is 12.0. The molecule has 11 heteroatoms. The topological polar surface area (TPSA) is 92.8 Å². The Balaban J connectivity index is 1.38. The van der Waals surface area contributed by atoms with Gasteiger partial charge in [-0.2, -0.15) is 5.10 Å². The number of methoxy groups -OCH3 is 1. The van der Waals surface area contributed by atoms with Crippen LogP contribution >= 0.6 is 50.7 Å². The number of hydrazone groups is 1. The number of fused-ring (bicyclic) bond motifs is 1. The summed E-state index contributed by atoms with van der Waals surface area (Å²) in [5.41, 5.74) is 5.56. The Hall–Kier alpha value is -3.82. The predicted molar refractivity (Wildman–Crippen MR) is 166 cm³/mol. The molecular formula is C30H19BrCl3N3O4. The Kier molecular flexibility index (Phi) is 8.65. The van der Waals surface area contributed by atoms with Crippen LogP contribution in [0.25, 0.3) is 22.0 Å². The molecule has 0 unspecified atom stereocenters. The Morgan fingerprint density at radius 2 is 1.68 bits per heavy atom. The van der Waals surface area contributed by atoms with E-state index in [0.29, 0.717) is 48.6 Å². The lowest BCUT2D eigenvalue weighted by molar-refractivity contribution is 0.0729. The van der Waals surface area contributed by atoms with E-state index in [0.717, 1.165) is 9.86 Å². The lowest BCUT2D eigenvalue weighted by Crippen LogP contribution is -2.19. The molecule has 4 aromatic carbocycles. The summed E-state index contributed by atoms with van der Waals surface area (Å²) in [6, 6.07) is 22.0. The molecule has 0 saturated heterocycles. The highest BCUT2D eigenvalue weighted by Crippen LogP contribution is 2.40. The number of hydrogen-bond donors (Lipinski definition) is 2. The van der Waals surface area contributed by atoms with Gasteiger partial charge in [-0.05, 0) is 66.2 Å². The highest BCUT2D eigenvalue weighted by atomic mass is 79.9. The normalized spacial score (nSPS) is 11.1. The van der Waals surface area contributed by atoms with Gasteiger partial charge >= 0.3 is 5.97 Å². The number of carbonyl (C=O) groups is 2. The van der Waals surface area contributed by atoms with Crippen molar-refractivity contribution >= 4 is 79.7 Å². The summed E-state index contributed by atoms with van der Waals surface area (Å²) in [6.07, 6.45) is 1.44. The molecule has 0 radical (unpaired) electrons. The van der Waals surface area contributed by atoms with Gasteiger partial charge in [0.05, 0.1) is 29.4 Å². The zero-order valence-corrected chi connectivity index (χ0v) is 25.0. The van der Waals surface area contributed by atoms with Gasteiger partial charge < -0.3 is 14.5 Å². The number of amides is 1. The predicted octanol–water partition coefficient (Wildman–Crippen LogP) is 8.55. The summed E-state index contributed by atoms with van der Waals surface area (Å²) in [5.74, 6) is -0.535. The lowest BCUT2D eigenvalue weighted by atomic mass is 10.0. The number of nitrogens with one attached hydrogen (secondary N) is 2. The largest absolute Gasteiger partial charge is 0.493 e. The average Bonchev–Trinajstić information content (AvgIpc) is 3.34. The van der Waals surface area contributed by atoms with Gasteiger partial charge in [-0.1, -0.05) is 68.9 Å². The Labute approximate surface area is 258 Å². The summed E-state index contributed by atoms with van der Waals surface area (Å²) in [4.78, 5) is 28.9. The molecule has 1 aromatic heterocycles. The first-order chi connectivity index (χ1) is 19.7. The maximum absolute atomic E-state index is 13.3. The molecule has 0 spiro atoms. The van der Waals surface area contributed by atoms with Gasteiger partial charge in [0.2, 0.25) is 0 Å². The second-order valence-corrected chi connectivity index (χ2v) is 10.8. The number of esters is 1. The number of nitrogens with zero attached hydrogens (tertiary/aromatic N) is 1. The van der Waals surface area contributed by atoms with Crippen LogP contribution in [-0.4, -0.2) is 30.2 Å². The molecule has 1 amide bonds. The summed E-state index contributed by atoms with van der Waals surface area (Å²) in [5, 5.41) is 6.26. The summed E-state index contributed by atoms with van der Waals surface area (Å²) >= 11 is 22.3. The minimum atomic E-state index is -0.562. The van der Waals surface area contributed by atoms with Crippen LogP contribution in [0.4, 0.5) is 0 Å². The maximum atomic E-state index is 13.3. The molecule has 0 fully saturated rings. The first kappa shape index (κ1) is 28.7. The van der Waals surface area contributed by atoms with Gasteiger partial charge in [0.15, 0.2) is 11.5 Å². The van der Waals surface area contributed by atoms with Crippen LogP contribution in [0.2, 0.25) is 15.1 Å². The standard InChI is InChI=1S/C30H19BrCl3N3O4/c1-40-25-12-16(6-11-24(25)41-30(39)17-7-9-19(32)10-8-17)15-35-37-29(38)28-26(20-4-2-3-5-22(20)33)21-13-18(31)14-23(34)27(21)36-28/h2-15,36H,1H3,(H,37,38). The molecule has 0 saturated carbocycles. The second kappa shape index (κ2) is 12.4. The van der Waals surface area contributed by atoms with E-state index >= 15 is 0 Å². The number of benzene rings is 4. The SMILES string of the molecule is COc1cc(C=NNC(=O)c2[nH]c3c(Cl)cc(Br)cc3c2-c2ccccc2Cl)ccc1OC(=O)c1ccc(Cl)cc1. The summed E-state index contributed by atoms with van der Waals surface area (Å²) in [6.45, 7) is 0. The molecule has 5 aromatic rings. The number of carbonyl (C=O) groups excluding carboxylic acids is 2. The van der Waals surface area contributed by atoms with Gasteiger partial charge in [0.1, 0.15) is 5.69 Å². The third kappa shape index (κ3) is 6.26. The average molecular weight is 672 g/mol. The fourth-order valence-electron chi connectivity index (χ4n) is 4.15. The van der Waals surface area contributed by atoms with Crippen LogP contribution in [0.1, 0.15) is 26.4 Å². The van der Waals surface area contributed by atoms with Crippen LogP contribution in [-0.2, 0) is 0 Å². The van der Waals surface area contributed by atoms with E-state index < -0.39 is 11.9 Å². The van der Waals surface area contributed by atoms with Crippen LogP contribution in [0.15, 0.2) is 88.4 Å². The van der Waals surface area contributed by atoms with Gasteiger partial charge in [-0.25, -0.2) is 10.2 Å². The van der Waals surface area contributed by atoms with Crippen molar-refractivity contribution in [3.8, 4) is 22.6 Å². The number of aromatic nitrogens is 1. The summed E-state index contributed by atoms with van der Waals surface area (Å²) in [7, 11) is 1.45. The zero-order valence-electron chi connectivity index (χ0n) is 21.2. The number of ether oxygens (including phenoxy) is 2. The van der Waals surface area contributed by atoms with Gasteiger partial charge in [-0.15, -0.1) is 0 Å². The van der Waals surface area contributed by atoms with Gasteiger partial charge in [0.25, 0.3) is 5.91 Å². The van der Waals surface area contributed by atoms with E-state index in [2.05, 4.69) is 31.4 Å². The number of rotatable bonds is 7. The van der Waals surface area contributed by atoms with Crippen molar-refractivity contribution in [2.24, 2.45) is 5.10 Å². The fourth-order valence-corrected chi connectivity index (χ4v) is 5.36. The minimum Gasteiger partial charge on any atom is -0.493 e. The third-order valence-electron chi connectivity index (χ3n) is 6.04. The lowest BCUT2D eigenvalue weighted by Gasteiger charge is -2.10.